The number of allylic oxidation sites excluding steroid dienone is 2. The summed E-state index contributed by atoms with van der Waals surface area (Å²) in [5.41, 5.74) is 1.33. The van der Waals surface area contributed by atoms with Crippen LogP contribution in [0.2, 0.25) is 0 Å². The highest BCUT2D eigenvalue weighted by Gasteiger charge is 2.31. The first-order valence-electron chi connectivity index (χ1n) is 5.64. The lowest BCUT2D eigenvalue weighted by atomic mass is 9.92. The van der Waals surface area contributed by atoms with Gasteiger partial charge in [0.1, 0.15) is 0 Å². The Kier molecular flexibility index (Phi) is 3.90. The van der Waals surface area contributed by atoms with Gasteiger partial charge in [-0.15, -0.1) is 0 Å². The van der Waals surface area contributed by atoms with Crippen LogP contribution in [0.4, 0.5) is 0 Å². The lowest BCUT2D eigenvalue weighted by Gasteiger charge is -2.10. The van der Waals surface area contributed by atoms with Crippen LogP contribution in [0.25, 0.3) is 5.70 Å². The number of ketones is 2. The smallest absolute Gasteiger partial charge is 0.262 e. The number of hydrogen-bond donors (Lipinski definition) is 0. The monoisotopic (exact) mass is 363 g/mol. The molecule has 4 heteroatoms. The van der Waals surface area contributed by atoms with Gasteiger partial charge in [0.05, 0.1) is 6.08 Å². The number of fused-ring (bicyclic) bond motifs is 1. The molecule has 1 aromatic heterocycles. The third kappa shape index (κ3) is 2.35. The van der Waals surface area contributed by atoms with E-state index in [4.69, 9.17) is 0 Å². The quantitative estimate of drug-likeness (QED) is 0.477. The van der Waals surface area contributed by atoms with E-state index in [9.17, 15) is 9.59 Å². The van der Waals surface area contributed by atoms with E-state index in [-0.39, 0.29) is 35.5 Å². The molecular weight excluding hydrogens is 353 g/mol. The number of aromatic nitrogens is 1. The lowest BCUT2D eigenvalue weighted by Crippen LogP contribution is -3.00. The first-order chi connectivity index (χ1) is 8.77. The third-order valence-electron chi connectivity index (χ3n) is 2.93. The van der Waals surface area contributed by atoms with Crippen molar-refractivity contribution in [1.82, 2.24) is 0 Å². The number of hydrogen-bond acceptors (Lipinski definition) is 2. The second-order valence-corrected chi connectivity index (χ2v) is 4.05. The number of nitrogens with zero attached hydrogens (tertiary/aromatic N) is 1. The molecule has 1 heterocycles. The van der Waals surface area contributed by atoms with E-state index >= 15 is 0 Å². The molecule has 0 radical (unpaired) electrons. The highest BCUT2D eigenvalue weighted by Crippen LogP contribution is 2.20. The van der Waals surface area contributed by atoms with Gasteiger partial charge in [-0.05, 0) is 0 Å². The van der Waals surface area contributed by atoms with Crippen molar-refractivity contribution in [3.8, 4) is 0 Å². The molecule has 0 saturated heterocycles. The van der Waals surface area contributed by atoms with E-state index in [2.05, 4.69) is 0 Å². The topological polar surface area (TPSA) is 38.0 Å². The summed E-state index contributed by atoms with van der Waals surface area (Å²) in [6, 6.07) is 12.4. The van der Waals surface area contributed by atoms with E-state index < -0.39 is 0 Å². The van der Waals surface area contributed by atoms with Crippen molar-refractivity contribution in [2.45, 2.75) is 0 Å². The first kappa shape index (κ1) is 13.6. The molecule has 3 rings (SSSR count). The van der Waals surface area contributed by atoms with Crippen molar-refractivity contribution in [2.75, 3.05) is 0 Å². The van der Waals surface area contributed by atoms with Gasteiger partial charge >= 0.3 is 0 Å². The summed E-state index contributed by atoms with van der Waals surface area (Å²) in [6.45, 7) is 0. The van der Waals surface area contributed by atoms with Crippen LogP contribution in [0.3, 0.4) is 0 Å². The number of benzene rings is 1. The molecule has 0 amide bonds. The molecule has 0 saturated carbocycles. The summed E-state index contributed by atoms with van der Waals surface area (Å²) in [4.78, 5) is 24.3. The number of carbonyl (C=O) groups excluding carboxylic acids is 2. The predicted octanol–water partition coefficient (Wildman–Crippen LogP) is -1.10. The van der Waals surface area contributed by atoms with Crippen LogP contribution >= 0.6 is 0 Å². The zero-order chi connectivity index (χ0) is 12.5. The van der Waals surface area contributed by atoms with Gasteiger partial charge in [0, 0.05) is 23.3 Å². The molecule has 1 aliphatic carbocycles. The van der Waals surface area contributed by atoms with Gasteiger partial charge in [0.15, 0.2) is 18.2 Å². The number of pyridine rings is 1. The average molecular weight is 363 g/mol. The minimum absolute atomic E-state index is 0. The first-order valence-corrected chi connectivity index (χ1v) is 5.64. The Bertz CT molecular complexity index is 678. The van der Waals surface area contributed by atoms with Gasteiger partial charge in [0.25, 0.3) is 11.5 Å². The Morgan fingerprint density at radius 3 is 2.11 bits per heavy atom. The molecule has 1 aliphatic rings. The largest absolute Gasteiger partial charge is 1.00 e. The van der Waals surface area contributed by atoms with Gasteiger partial charge in [0.2, 0.25) is 0 Å². The number of halogens is 1. The van der Waals surface area contributed by atoms with Crippen molar-refractivity contribution in [3.05, 3.63) is 72.1 Å². The van der Waals surface area contributed by atoms with E-state index in [1.165, 1.54) is 6.08 Å². The molecule has 2 aromatic rings. The fourth-order valence-corrected chi connectivity index (χ4v) is 2.05. The van der Waals surface area contributed by atoms with E-state index in [0.717, 1.165) is 0 Å². The molecular formula is C15H10INO2. The fraction of sp³-hybridized carbons (Fsp3) is 0. The molecule has 0 bridgehead atoms. The predicted molar refractivity (Wildman–Crippen MR) is 66.0 cm³/mol. The molecule has 0 aliphatic heterocycles. The van der Waals surface area contributed by atoms with Crippen LogP contribution in [0.1, 0.15) is 20.7 Å². The lowest BCUT2D eigenvalue weighted by molar-refractivity contribution is -0.576. The Hall–Kier alpha value is -1.82. The minimum atomic E-state index is -0.128. The van der Waals surface area contributed by atoms with Crippen LogP contribution in [-0.4, -0.2) is 11.6 Å². The molecule has 1 aromatic carbocycles. The summed E-state index contributed by atoms with van der Waals surface area (Å²) in [5.74, 6) is -0.252. The van der Waals surface area contributed by atoms with Crippen molar-refractivity contribution in [1.29, 1.82) is 0 Å². The summed E-state index contributed by atoms with van der Waals surface area (Å²) < 4.78 is 1.66. The molecule has 0 N–H and O–H groups in total. The van der Waals surface area contributed by atoms with Crippen LogP contribution in [0, 0.1) is 0 Å². The van der Waals surface area contributed by atoms with Gasteiger partial charge < -0.3 is 24.0 Å². The van der Waals surface area contributed by atoms with E-state index in [1.54, 1.807) is 41.2 Å². The standard InChI is InChI=1S/C15H10NO2.HI/c17-14-10-13(16-8-4-1-5-9-16)15(18)12-7-3-2-6-11(12)14;/h1-10H;1H/q+1;/p-1. The summed E-state index contributed by atoms with van der Waals surface area (Å²) in [6.07, 6.45) is 4.90. The zero-order valence-electron chi connectivity index (χ0n) is 9.92. The van der Waals surface area contributed by atoms with Gasteiger partial charge in [-0.2, -0.15) is 4.57 Å². The van der Waals surface area contributed by atoms with Crippen LogP contribution in [-0.2, 0) is 0 Å². The SMILES string of the molecule is O=C1C=C([n+]2ccccc2)C(=O)c2ccccc21.[I-]. The van der Waals surface area contributed by atoms with Crippen molar-refractivity contribution in [3.63, 3.8) is 0 Å². The maximum Gasteiger partial charge on any atom is 0.262 e. The van der Waals surface area contributed by atoms with Crippen molar-refractivity contribution < 1.29 is 38.1 Å². The summed E-state index contributed by atoms with van der Waals surface area (Å²) in [7, 11) is 0. The van der Waals surface area contributed by atoms with Gasteiger partial charge in [-0.25, -0.2) is 0 Å². The Balaban J connectivity index is 0.00000133. The molecule has 19 heavy (non-hydrogen) atoms. The normalized spacial score (nSPS) is 13.4. The Morgan fingerprint density at radius 2 is 1.42 bits per heavy atom. The molecule has 0 fully saturated rings. The van der Waals surface area contributed by atoms with Crippen LogP contribution in [0.5, 0.6) is 0 Å². The number of carbonyl (C=O) groups is 2. The number of Topliss-reactive ketones (excluding diaryl/α,β-unsaturated/α-hetero) is 1. The second kappa shape index (κ2) is 5.44. The molecule has 0 unspecified atom stereocenters. The Labute approximate surface area is 127 Å². The second-order valence-electron chi connectivity index (χ2n) is 4.05. The van der Waals surface area contributed by atoms with Crippen LogP contribution in [0.15, 0.2) is 60.9 Å². The maximum absolute atomic E-state index is 12.3. The molecule has 0 spiro atoms. The van der Waals surface area contributed by atoms with Crippen molar-refractivity contribution >= 4 is 17.3 Å². The average Bonchev–Trinajstić information content (AvgIpc) is 2.44. The molecule has 3 nitrogen and oxygen atoms in total. The molecule has 0 atom stereocenters. The van der Waals surface area contributed by atoms with E-state index in [0.29, 0.717) is 16.8 Å². The highest BCUT2D eigenvalue weighted by atomic mass is 127. The third-order valence-corrected chi connectivity index (χ3v) is 2.93. The number of rotatable bonds is 1. The maximum atomic E-state index is 12.3. The van der Waals surface area contributed by atoms with E-state index in [1.807, 2.05) is 18.2 Å². The van der Waals surface area contributed by atoms with Crippen molar-refractivity contribution in [2.24, 2.45) is 0 Å². The van der Waals surface area contributed by atoms with Gasteiger partial charge in [-0.3, -0.25) is 9.59 Å². The van der Waals surface area contributed by atoms with Crippen LogP contribution < -0.4 is 28.5 Å². The highest BCUT2D eigenvalue weighted by molar-refractivity contribution is 6.33. The molecule has 94 valence electrons. The zero-order valence-corrected chi connectivity index (χ0v) is 12.1. The van der Waals surface area contributed by atoms with Gasteiger partial charge in [-0.1, -0.05) is 30.3 Å². The Morgan fingerprint density at radius 1 is 0.789 bits per heavy atom. The summed E-state index contributed by atoms with van der Waals surface area (Å²) in [5, 5.41) is 0. The minimum Gasteiger partial charge on any atom is -1.00 e. The fourth-order valence-electron chi connectivity index (χ4n) is 2.05. The summed E-state index contributed by atoms with van der Waals surface area (Å²) >= 11 is 0.